The number of aromatic nitrogens is 2. The monoisotopic (exact) mass is 303 g/mol. The average Bonchev–Trinajstić information content (AvgIpc) is 3.38. The van der Waals surface area contributed by atoms with Crippen LogP contribution in [0.1, 0.15) is 18.4 Å². The van der Waals surface area contributed by atoms with Crippen LogP contribution < -0.4 is 10.5 Å². The van der Waals surface area contributed by atoms with E-state index >= 15 is 0 Å². The van der Waals surface area contributed by atoms with Crippen LogP contribution in [0.3, 0.4) is 0 Å². The number of hydrogen-bond acceptors (Lipinski definition) is 4. The first kappa shape index (κ1) is 13.8. The van der Waals surface area contributed by atoms with Crippen molar-refractivity contribution in [1.29, 1.82) is 0 Å². The molecule has 114 valence electrons. The van der Waals surface area contributed by atoms with Gasteiger partial charge in [0.2, 0.25) is 5.88 Å². The highest BCUT2D eigenvalue weighted by molar-refractivity contribution is 5.66. The van der Waals surface area contributed by atoms with Crippen LogP contribution >= 0.6 is 0 Å². The van der Waals surface area contributed by atoms with Gasteiger partial charge in [0.15, 0.2) is 0 Å². The molecule has 0 amide bonds. The molecule has 0 saturated heterocycles. The van der Waals surface area contributed by atoms with Gasteiger partial charge in [-0.3, -0.25) is 0 Å². The summed E-state index contributed by atoms with van der Waals surface area (Å²) in [6, 6.07) is 17.9. The van der Waals surface area contributed by atoms with Gasteiger partial charge in [-0.15, -0.1) is 0 Å². The highest BCUT2D eigenvalue weighted by Gasteiger charge is 2.48. The molecule has 1 saturated carbocycles. The molecular weight excluding hydrogens is 286 g/mol. The summed E-state index contributed by atoms with van der Waals surface area (Å²) in [5, 5.41) is 0. The van der Waals surface area contributed by atoms with Crippen molar-refractivity contribution < 1.29 is 4.74 Å². The molecule has 0 unspecified atom stereocenters. The van der Waals surface area contributed by atoms with Crippen LogP contribution in [0.15, 0.2) is 67.0 Å². The zero-order valence-electron chi connectivity index (χ0n) is 12.6. The van der Waals surface area contributed by atoms with Gasteiger partial charge in [-0.1, -0.05) is 42.5 Å². The smallest absolute Gasteiger partial charge is 0.241 e. The Morgan fingerprint density at radius 2 is 1.57 bits per heavy atom. The van der Waals surface area contributed by atoms with E-state index in [-0.39, 0.29) is 5.60 Å². The van der Waals surface area contributed by atoms with Gasteiger partial charge >= 0.3 is 0 Å². The topological polar surface area (TPSA) is 61.0 Å². The second kappa shape index (κ2) is 5.39. The van der Waals surface area contributed by atoms with E-state index in [4.69, 9.17) is 10.5 Å². The van der Waals surface area contributed by atoms with Crippen LogP contribution in [0.4, 0.5) is 5.69 Å². The Hall–Kier alpha value is -2.88. The van der Waals surface area contributed by atoms with Crippen LogP contribution in [0.5, 0.6) is 5.88 Å². The Bertz CT molecular complexity index is 812. The fourth-order valence-corrected chi connectivity index (χ4v) is 2.73. The Labute approximate surface area is 135 Å². The van der Waals surface area contributed by atoms with Crippen LogP contribution in [0, 0.1) is 0 Å². The Morgan fingerprint density at radius 1 is 0.870 bits per heavy atom. The van der Waals surface area contributed by atoms with E-state index in [2.05, 4.69) is 22.1 Å². The van der Waals surface area contributed by atoms with E-state index in [1.54, 1.807) is 12.4 Å². The summed E-state index contributed by atoms with van der Waals surface area (Å²) in [6.07, 6.45) is 5.33. The number of nitrogens with two attached hydrogens (primary N) is 1. The number of hydrogen-bond donors (Lipinski definition) is 1. The molecule has 1 aromatic heterocycles. The van der Waals surface area contributed by atoms with E-state index in [9.17, 15) is 0 Å². The summed E-state index contributed by atoms with van der Waals surface area (Å²) in [5.74, 6) is 0.568. The van der Waals surface area contributed by atoms with Gasteiger partial charge in [-0.05, 0) is 30.5 Å². The summed E-state index contributed by atoms with van der Waals surface area (Å²) < 4.78 is 6.31. The standard InChI is InChI=1S/C19H17N3O/c20-16-8-6-14(7-9-16)17-18(22-13-12-21-17)23-19(10-11-19)15-4-2-1-3-5-15/h1-9,12-13H,10-11,20H2. The molecule has 2 N–H and O–H groups in total. The number of anilines is 1. The molecular formula is C19H17N3O. The predicted octanol–water partition coefficient (Wildman–Crippen LogP) is 3.79. The summed E-state index contributed by atoms with van der Waals surface area (Å²) in [7, 11) is 0. The first-order chi connectivity index (χ1) is 11.3. The summed E-state index contributed by atoms with van der Waals surface area (Å²) in [4.78, 5) is 8.87. The molecule has 1 aliphatic rings. The van der Waals surface area contributed by atoms with Gasteiger partial charge in [0, 0.05) is 23.6 Å². The lowest BCUT2D eigenvalue weighted by Gasteiger charge is -2.19. The third kappa shape index (κ3) is 2.63. The molecule has 0 aliphatic heterocycles. The molecule has 0 bridgehead atoms. The zero-order chi connectivity index (χ0) is 15.7. The van der Waals surface area contributed by atoms with Gasteiger partial charge in [-0.2, -0.15) is 0 Å². The lowest BCUT2D eigenvalue weighted by Crippen LogP contribution is -2.17. The second-order valence-corrected chi connectivity index (χ2v) is 5.79. The van der Waals surface area contributed by atoms with Crippen molar-refractivity contribution in [3.63, 3.8) is 0 Å². The predicted molar refractivity (Wildman–Crippen MR) is 89.9 cm³/mol. The first-order valence-corrected chi connectivity index (χ1v) is 7.68. The average molecular weight is 303 g/mol. The van der Waals surface area contributed by atoms with Crippen LogP contribution in [-0.2, 0) is 5.60 Å². The molecule has 0 spiro atoms. The molecule has 4 nitrogen and oxygen atoms in total. The molecule has 3 aromatic rings. The van der Waals surface area contributed by atoms with Crippen LogP contribution in [0.25, 0.3) is 11.3 Å². The van der Waals surface area contributed by atoms with E-state index in [0.29, 0.717) is 5.88 Å². The Morgan fingerprint density at radius 3 is 2.26 bits per heavy atom. The molecule has 0 atom stereocenters. The molecule has 1 aliphatic carbocycles. The third-order valence-corrected chi connectivity index (χ3v) is 4.14. The van der Waals surface area contributed by atoms with Crippen molar-refractivity contribution in [2.24, 2.45) is 0 Å². The minimum absolute atomic E-state index is 0.264. The fraction of sp³-hybridized carbons (Fsp3) is 0.158. The van der Waals surface area contributed by atoms with Crippen molar-refractivity contribution in [3.05, 3.63) is 72.6 Å². The molecule has 2 aromatic carbocycles. The quantitative estimate of drug-likeness (QED) is 0.745. The van der Waals surface area contributed by atoms with Crippen molar-refractivity contribution in [2.75, 3.05) is 5.73 Å². The van der Waals surface area contributed by atoms with Crippen LogP contribution in [0.2, 0.25) is 0 Å². The normalized spacial score (nSPS) is 15.1. The lowest BCUT2D eigenvalue weighted by molar-refractivity contribution is 0.173. The molecule has 0 radical (unpaired) electrons. The minimum atomic E-state index is -0.264. The first-order valence-electron chi connectivity index (χ1n) is 7.68. The van der Waals surface area contributed by atoms with E-state index in [0.717, 1.165) is 29.8 Å². The maximum Gasteiger partial charge on any atom is 0.241 e. The van der Waals surface area contributed by atoms with Gasteiger partial charge in [0.1, 0.15) is 11.3 Å². The van der Waals surface area contributed by atoms with E-state index < -0.39 is 0 Å². The molecule has 1 heterocycles. The van der Waals surface area contributed by atoms with Crippen molar-refractivity contribution in [3.8, 4) is 17.1 Å². The summed E-state index contributed by atoms with van der Waals surface area (Å²) in [5.41, 5.74) is 9.11. The van der Waals surface area contributed by atoms with Crippen molar-refractivity contribution >= 4 is 5.69 Å². The van der Waals surface area contributed by atoms with Crippen molar-refractivity contribution in [1.82, 2.24) is 9.97 Å². The highest BCUT2D eigenvalue weighted by atomic mass is 16.5. The SMILES string of the molecule is Nc1ccc(-c2nccnc2OC2(c3ccccc3)CC2)cc1. The molecule has 23 heavy (non-hydrogen) atoms. The highest BCUT2D eigenvalue weighted by Crippen LogP contribution is 2.49. The largest absolute Gasteiger partial charge is 0.465 e. The maximum atomic E-state index is 6.31. The van der Waals surface area contributed by atoms with Gasteiger partial charge in [0.25, 0.3) is 0 Å². The van der Waals surface area contributed by atoms with E-state index in [1.807, 2.05) is 42.5 Å². The molecule has 4 rings (SSSR count). The number of nitrogens with zero attached hydrogens (tertiary/aromatic N) is 2. The third-order valence-electron chi connectivity index (χ3n) is 4.14. The van der Waals surface area contributed by atoms with Crippen LogP contribution in [-0.4, -0.2) is 9.97 Å². The lowest BCUT2D eigenvalue weighted by atomic mass is 10.1. The maximum absolute atomic E-state index is 6.31. The second-order valence-electron chi connectivity index (χ2n) is 5.79. The van der Waals surface area contributed by atoms with Gasteiger partial charge in [-0.25, -0.2) is 9.97 Å². The number of ether oxygens (including phenoxy) is 1. The van der Waals surface area contributed by atoms with Gasteiger partial charge in [0.05, 0.1) is 0 Å². The Balaban J connectivity index is 1.69. The fourth-order valence-electron chi connectivity index (χ4n) is 2.73. The number of benzene rings is 2. The zero-order valence-corrected chi connectivity index (χ0v) is 12.6. The Kier molecular flexibility index (Phi) is 3.23. The van der Waals surface area contributed by atoms with E-state index in [1.165, 1.54) is 5.56 Å². The van der Waals surface area contributed by atoms with Gasteiger partial charge < -0.3 is 10.5 Å². The summed E-state index contributed by atoms with van der Waals surface area (Å²) in [6.45, 7) is 0. The molecule has 4 heteroatoms. The molecule has 1 fully saturated rings. The summed E-state index contributed by atoms with van der Waals surface area (Å²) >= 11 is 0. The van der Waals surface area contributed by atoms with Crippen molar-refractivity contribution in [2.45, 2.75) is 18.4 Å². The number of nitrogen functional groups attached to an aromatic ring is 1. The number of rotatable bonds is 4. The minimum Gasteiger partial charge on any atom is -0.465 e.